The largest absolute Gasteiger partial charge is 0.496 e. The smallest absolute Gasteiger partial charge is 0.342 e. The van der Waals surface area contributed by atoms with Crippen LogP contribution in [0.2, 0.25) is 0 Å². The average Bonchev–Trinajstić information content (AvgIpc) is 2.37. The molecule has 1 fully saturated rings. The van der Waals surface area contributed by atoms with Gasteiger partial charge in [0.1, 0.15) is 17.4 Å². The SMILES string of the molecule is COc1cc(N)ccc1C(=O)OC1CC(C)OC(C)C1. The Labute approximate surface area is 119 Å². The molecule has 0 spiro atoms. The number of nitrogen functional groups attached to an aromatic ring is 1. The molecule has 1 aromatic rings. The number of hydrogen-bond donors (Lipinski definition) is 1. The highest BCUT2D eigenvalue weighted by Gasteiger charge is 2.28. The van der Waals surface area contributed by atoms with Crippen LogP contribution in [0.25, 0.3) is 0 Å². The van der Waals surface area contributed by atoms with Gasteiger partial charge in [-0.2, -0.15) is 0 Å². The molecule has 0 amide bonds. The molecule has 1 aromatic carbocycles. The normalized spacial score (nSPS) is 26.1. The summed E-state index contributed by atoms with van der Waals surface area (Å²) in [7, 11) is 1.50. The van der Waals surface area contributed by atoms with Crippen molar-refractivity contribution in [2.24, 2.45) is 0 Å². The summed E-state index contributed by atoms with van der Waals surface area (Å²) >= 11 is 0. The van der Waals surface area contributed by atoms with Crippen LogP contribution in [0, 0.1) is 0 Å². The van der Waals surface area contributed by atoms with E-state index < -0.39 is 0 Å². The van der Waals surface area contributed by atoms with Gasteiger partial charge in [-0.05, 0) is 26.0 Å². The number of benzene rings is 1. The summed E-state index contributed by atoms with van der Waals surface area (Å²) < 4.78 is 16.4. The Bertz CT molecular complexity index is 479. The molecule has 1 heterocycles. The molecule has 5 nitrogen and oxygen atoms in total. The number of ether oxygens (including phenoxy) is 3. The van der Waals surface area contributed by atoms with E-state index in [1.165, 1.54) is 7.11 Å². The number of methoxy groups -OCH3 is 1. The van der Waals surface area contributed by atoms with Crippen LogP contribution in [0.3, 0.4) is 0 Å². The van der Waals surface area contributed by atoms with Gasteiger partial charge in [0, 0.05) is 24.6 Å². The molecular weight excluding hydrogens is 258 g/mol. The zero-order chi connectivity index (χ0) is 14.7. The monoisotopic (exact) mass is 279 g/mol. The standard InChI is InChI=1S/C15H21NO4/c1-9-6-12(7-10(2)19-9)20-15(17)13-5-4-11(16)8-14(13)18-3/h4-5,8-10,12H,6-7,16H2,1-3H3. The van der Waals surface area contributed by atoms with E-state index >= 15 is 0 Å². The van der Waals surface area contributed by atoms with Crippen molar-refractivity contribution < 1.29 is 19.0 Å². The van der Waals surface area contributed by atoms with Gasteiger partial charge in [-0.15, -0.1) is 0 Å². The van der Waals surface area contributed by atoms with Crippen LogP contribution in [0.4, 0.5) is 5.69 Å². The highest BCUT2D eigenvalue weighted by atomic mass is 16.6. The van der Waals surface area contributed by atoms with Gasteiger partial charge < -0.3 is 19.9 Å². The fourth-order valence-corrected chi connectivity index (χ4v) is 2.53. The quantitative estimate of drug-likeness (QED) is 0.679. The number of esters is 1. The number of hydrogen-bond acceptors (Lipinski definition) is 5. The van der Waals surface area contributed by atoms with Crippen molar-refractivity contribution >= 4 is 11.7 Å². The highest BCUT2D eigenvalue weighted by molar-refractivity contribution is 5.93. The van der Waals surface area contributed by atoms with Gasteiger partial charge in [0.2, 0.25) is 0 Å². The third kappa shape index (κ3) is 3.42. The molecule has 5 heteroatoms. The second-order valence-corrected chi connectivity index (χ2v) is 5.22. The van der Waals surface area contributed by atoms with E-state index in [0.717, 1.165) is 0 Å². The predicted molar refractivity (Wildman–Crippen MR) is 75.9 cm³/mol. The van der Waals surface area contributed by atoms with Crippen molar-refractivity contribution in [1.29, 1.82) is 0 Å². The molecule has 2 atom stereocenters. The minimum atomic E-state index is -0.381. The Morgan fingerprint density at radius 1 is 1.30 bits per heavy atom. The molecule has 1 aliphatic heterocycles. The van der Waals surface area contributed by atoms with Crippen molar-refractivity contribution in [3.63, 3.8) is 0 Å². The summed E-state index contributed by atoms with van der Waals surface area (Å²) in [6.07, 6.45) is 1.51. The summed E-state index contributed by atoms with van der Waals surface area (Å²) in [5.41, 5.74) is 6.62. The summed E-state index contributed by atoms with van der Waals surface area (Å²) in [5, 5.41) is 0. The Kier molecular flexibility index (Phi) is 4.49. The minimum absolute atomic E-state index is 0.102. The number of rotatable bonds is 3. The Morgan fingerprint density at radius 2 is 1.95 bits per heavy atom. The first kappa shape index (κ1) is 14.7. The maximum Gasteiger partial charge on any atom is 0.342 e. The zero-order valence-corrected chi connectivity index (χ0v) is 12.1. The Balaban J connectivity index is 2.08. The van der Waals surface area contributed by atoms with E-state index in [0.29, 0.717) is 29.8 Å². The summed E-state index contributed by atoms with van der Waals surface area (Å²) in [5.74, 6) is 0.0521. The van der Waals surface area contributed by atoms with Crippen LogP contribution < -0.4 is 10.5 Å². The van der Waals surface area contributed by atoms with Crippen molar-refractivity contribution in [3.05, 3.63) is 23.8 Å². The van der Waals surface area contributed by atoms with Gasteiger partial charge in [-0.25, -0.2) is 4.79 Å². The topological polar surface area (TPSA) is 70.8 Å². The fraction of sp³-hybridized carbons (Fsp3) is 0.533. The van der Waals surface area contributed by atoms with Crippen molar-refractivity contribution in [2.45, 2.75) is 45.0 Å². The molecule has 2 unspecified atom stereocenters. The first-order valence-electron chi connectivity index (χ1n) is 6.79. The number of carbonyl (C=O) groups excluding carboxylic acids is 1. The number of anilines is 1. The molecule has 0 radical (unpaired) electrons. The Hall–Kier alpha value is -1.75. The summed E-state index contributed by atoms with van der Waals surface area (Å²) in [6, 6.07) is 4.91. The zero-order valence-electron chi connectivity index (χ0n) is 12.1. The first-order chi connectivity index (χ1) is 9.49. The molecule has 2 rings (SSSR count). The van der Waals surface area contributed by atoms with Crippen molar-refractivity contribution in [2.75, 3.05) is 12.8 Å². The van der Waals surface area contributed by atoms with E-state index in [1.807, 2.05) is 13.8 Å². The van der Waals surface area contributed by atoms with E-state index in [1.54, 1.807) is 18.2 Å². The highest BCUT2D eigenvalue weighted by Crippen LogP contribution is 2.26. The van der Waals surface area contributed by atoms with Gasteiger partial charge in [0.15, 0.2) is 0 Å². The maximum atomic E-state index is 12.2. The number of nitrogens with two attached hydrogens (primary N) is 1. The summed E-state index contributed by atoms with van der Waals surface area (Å²) in [6.45, 7) is 3.97. The van der Waals surface area contributed by atoms with E-state index in [2.05, 4.69) is 0 Å². The van der Waals surface area contributed by atoms with Crippen LogP contribution in [0.1, 0.15) is 37.0 Å². The van der Waals surface area contributed by atoms with E-state index in [-0.39, 0.29) is 24.3 Å². The molecule has 0 aliphatic carbocycles. The van der Waals surface area contributed by atoms with Gasteiger partial charge >= 0.3 is 5.97 Å². The first-order valence-corrected chi connectivity index (χ1v) is 6.79. The van der Waals surface area contributed by atoms with E-state index in [4.69, 9.17) is 19.9 Å². The fourth-order valence-electron chi connectivity index (χ4n) is 2.53. The van der Waals surface area contributed by atoms with Crippen LogP contribution in [0.15, 0.2) is 18.2 Å². The minimum Gasteiger partial charge on any atom is -0.496 e. The molecule has 0 saturated carbocycles. The molecule has 20 heavy (non-hydrogen) atoms. The van der Waals surface area contributed by atoms with Gasteiger partial charge in [-0.1, -0.05) is 0 Å². The molecule has 110 valence electrons. The molecule has 1 aliphatic rings. The van der Waals surface area contributed by atoms with Gasteiger partial charge in [0.05, 0.1) is 19.3 Å². The van der Waals surface area contributed by atoms with Gasteiger partial charge in [0.25, 0.3) is 0 Å². The lowest BCUT2D eigenvalue weighted by molar-refractivity contribution is -0.0855. The molecule has 1 saturated heterocycles. The lowest BCUT2D eigenvalue weighted by Crippen LogP contribution is -2.35. The molecule has 0 bridgehead atoms. The number of carbonyl (C=O) groups is 1. The van der Waals surface area contributed by atoms with Gasteiger partial charge in [-0.3, -0.25) is 0 Å². The third-order valence-electron chi connectivity index (χ3n) is 3.37. The van der Waals surface area contributed by atoms with Crippen LogP contribution in [-0.4, -0.2) is 31.4 Å². The molecule has 2 N–H and O–H groups in total. The van der Waals surface area contributed by atoms with Crippen molar-refractivity contribution in [1.82, 2.24) is 0 Å². The maximum absolute atomic E-state index is 12.2. The average molecular weight is 279 g/mol. The van der Waals surface area contributed by atoms with Crippen molar-refractivity contribution in [3.8, 4) is 5.75 Å². The van der Waals surface area contributed by atoms with Crippen LogP contribution in [0.5, 0.6) is 5.75 Å². The Morgan fingerprint density at radius 3 is 2.55 bits per heavy atom. The lowest BCUT2D eigenvalue weighted by atomic mass is 10.0. The van der Waals surface area contributed by atoms with Crippen LogP contribution in [-0.2, 0) is 9.47 Å². The summed E-state index contributed by atoms with van der Waals surface area (Å²) in [4.78, 5) is 12.2. The third-order valence-corrected chi connectivity index (χ3v) is 3.37. The van der Waals surface area contributed by atoms with Crippen LogP contribution >= 0.6 is 0 Å². The predicted octanol–water partition coefficient (Wildman–Crippen LogP) is 2.39. The second-order valence-electron chi connectivity index (χ2n) is 5.22. The molecule has 0 aromatic heterocycles. The lowest BCUT2D eigenvalue weighted by Gasteiger charge is -2.31. The second kappa shape index (κ2) is 6.13. The molecular formula is C15H21NO4. The van der Waals surface area contributed by atoms with E-state index in [9.17, 15) is 4.79 Å².